The topological polar surface area (TPSA) is 66.5 Å². The molecule has 6 heteroatoms. The monoisotopic (exact) mass is 428 g/mol. The van der Waals surface area contributed by atoms with Crippen LogP contribution in [0.2, 0.25) is 0 Å². The molecule has 0 aromatic heterocycles. The Morgan fingerprint density at radius 2 is 1.80 bits per heavy atom. The second-order valence-electron chi connectivity index (χ2n) is 8.25. The molecule has 0 fully saturated rings. The van der Waals surface area contributed by atoms with E-state index in [-0.39, 0.29) is 18.5 Å². The lowest BCUT2D eigenvalue weighted by Gasteiger charge is -2.26. The molecular weight excluding hydrogens is 396 g/mol. The smallest absolute Gasteiger partial charge is 0.241 e. The van der Waals surface area contributed by atoms with Crippen molar-refractivity contribution >= 4 is 21.6 Å². The first-order valence-corrected chi connectivity index (χ1v) is 12.5. The van der Waals surface area contributed by atoms with Crippen molar-refractivity contribution in [1.29, 1.82) is 0 Å². The van der Waals surface area contributed by atoms with Crippen LogP contribution in [-0.2, 0) is 27.7 Å². The number of fused-ring (bicyclic) bond motifs is 1. The van der Waals surface area contributed by atoms with Gasteiger partial charge in [0, 0.05) is 0 Å². The molecule has 162 valence electrons. The van der Waals surface area contributed by atoms with Gasteiger partial charge in [0.05, 0.1) is 18.0 Å². The van der Waals surface area contributed by atoms with Crippen molar-refractivity contribution in [2.45, 2.75) is 58.9 Å². The first-order valence-electron chi connectivity index (χ1n) is 10.7. The largest absolute Gasteiger partial charge is 0.348 e. The quantitative estimate of drug-likeness (QED) is 0.718. The molecule has 1 aliphatic rings. The van der Waals surface area contributed by atoms with Crippen LogP contribution in [0.3, 0.4) is 0 Å². The highest BCUT2D eigenvalue weighted by Crippen LogP contribution is 2.27. The fourth-order valence-electron chi connectivity index (χ4n) is 4.15. The highest BCUT2D eigenvalue weighted by Gasteiger charge is 2.24. The zero-order chi connectivity index (χ0) is 21.9. The average Bonchev–Trinajstić information content (AvgIpc) is 2.71. The van der Waals surface area contributed by atoms with Gasteiger partial charge in [0.2, 0.25) is 15.9 Å². The number of nitrogens with one attached hydrogen (secondary N) is 1. The lowest BCUT2D eigenvalue weighted by molar-refractivity contribution is -0.120. The van der Waals surface area contributed by atoms with E-state index in [1.165, 1.54) is 28.3 Å². The standard InChI is InChI=1S/C24H32N2O3S/c1-5-22(21-14-13-19-10-6-7-11-20(19)15-21)25-24(27)16-26(30(4,28)29)23-12-8-9-17(2)18(23)3/h8-9,12-15,22H,5-7,10-11,16H2,1-4H3,(H,25,27)/t22-/m1/s1. The summed E-state index contributed by atoms with van der Waals surface area (Å²) in [7, 11) is -3.60. The second-order valence-corrected chi connectivity index (χ2v) is 10.2. The van der Waals surface area contributed by atoms with Gasteiger partial charge in [0.25, 0.3) is 0 Å². The summed E-state index contributed by atoms with van der Waals surface area (Å²) in [6.45, 7) is 5.61. The first-order chi connectivity index (χ1) is 14.2. The lowest BCUT2D eigenvalue weighted by atomic mass is 9.89. The molecule has 30 heavy (non-hydrogen) atoms. The van der Waals surface area contributed by atoms with E-state index in [0.717, 1.165) is 42.2 Å². The van der Waals surface area contributed by atoms with Crippen molar-refractivity contribution < 1.29 is 13.2 Å². The number of hydrogen-bond acceptors (Lipinski definition) is 3. The summed E-state index contributed by atoms with van der Waals surface area (Å²) < 4.78 is 26.1. The molecule has 1 atom stereocenters. The van der Waals surface area contributed by atoms with E-state index in [4.69, 9.17) is 0 Å². The van der Waals surface area contributed by atoms with Gasteiger partial charge in [-0.05, 0) is 79.8 Å². The Labute approximate surface area is 180 Å². The molecule has 1 aliphatic carbocycles. The van der Waals surface area contributed by atoms with Crippen molar-refractivity contribution in [3.05, 3.63) is 64.2 Å². The number of anilines is 1. The van der Waals surface area contributed by atoms with Crippen LogP contribution < -0.4 is 9.62 Å². The van der Waals surface area contributed by atoms with Crippen LogP contribution >= 0.6 is 0 Å². The summed E-state index contributed by atoms with van der Waals surface area (Å²) in [6, 6.07) is 11.8. The highest BCUT2D eigenvalue weighted by atomic mass is 32.2. The summed E-state index contributed by atoms with van der Waals surface area (Å²) in [5.74, 6) is -0.300. The van der Waals surface area contributed by atoms with Gasteiger partial charge in [-0.15, -0.1) is 0 Å². The number of amides is 1. The van der Waals surface area contributed by atoms with Crippen molar-refractivity contribution in [2.75, 3.05) is 17.1 Å². The van der Waals surface area contributed by atoms with Crippen molar-refractivity contribution in [3.8, 4) is 0 Å². The van der Waals surface area contributed by atoms with Gasteiger partial charge >= 0.3 is 0 Å². The minimum Gasteiger partial charge on any atom is -0.348 e. The maximum atomic E-state index is 12.9. The minimum atomic E-state index is -3.60. The predicted octanol–water partition coefficient (Wildman–Crippen LogP) is 4.22. The van der Waals surface area contributed by atoms with Crippen molar-refractivity contribution in [3.63, 3.8) is 0 Å². The number of nitrogens with zero attached hydrogens (tertiary/aromatic N) is 1. The molecule has 1 amide bonds. The Bertz CT molecular complexity index is 1030. The van der Waals surface area contributed by atoms with Crippen molar-refractivity contribution in [2.24, 2.45) is 0 Å². The van der Waals surface area contributed by atoms with Gasteiger partial charge < -0.3 is 5.32 Å². The second kappa shape index (κ2) is 9.21. The fourth-order valence-corrected chi connectivity index (χ4v) is 5.06. The third-order valence-corrected chi connectivity index (χ3v) is 7.18. The fraction of sp³-hybridized carbons (Fsp3) is 0.458. The molecule has 0 unspecified atom stereocenters. The summed E-state index contributed by atoms with van der Waals surface area (Å²) in [6.07, 6.45) is 6.54. The number of aryl methyl sites for hydroxylation is 3. The predicted molar refractivity (Wildman–Crippen MR) is 122 cm³/mol. The average molecular weight is 429 g/mol. The molecular formula is C24H32N2O3S. The molecule has 0 aliphatic heterocycles. The SMILES string of the molecule is CC[C@@H](NC(=O)CN(c1cccc(C)c1C)S(C)(=O)=O)c1ccc2c(c1)CCCC2. The Morgan fingerprint density at radius 3 is 2.47 bits per heavy atom. The molecule has 1 N–H and O–H groups in total. The minimum absolute atomic E-state index is 0.134. The van der Waals surface area contributed by atoms with E-state index >= 15 is 0 Å². The molecule has 0 spiro atoms. The molecule has 2 aromatic rings. The maximum absolute atomic E-state index is 12.9. The lowest BCUT2D eigenvalue weighted by Crippen LogP contribution is -2.41. The number of benzene rings is 2. The Kier molecular flexibility index (Phi) is 6.86. The van der Waals surface area contributed by atoms with E-state index in [1.54, 1.807) is 6.07 Å². The molecule has 0 saturated heterocycles. The number of rotatable bonds is 7. The normalized spacial score (nSPS) is 14.7. The third kappa shape index (κ3) is 5.04. The van der Waals surface area contributed by atoms with Crippen LogP contribution in [0, 0.1) is 13.8 Å². The summed E-state index contributed by atoms with van der Waals surface area (Å²) in [4.78, 5) is 12.9. The van der Waals surface area contributed by atoms with Crippen molar-refractivity contribution in [1.82, 2.24) is 5.32 Å². The molecule has 5 nitrogen and oxygen atoms in total. The zero-order valence-corrected chi connectivity index (χ0v) is 19.2. The third-order valence-electron chi connectivity index (χ3n) is 6.05. The van der Waals surface area contributed by atoms with Gasteiger partial charge in [-0.3, -0.25) is 9.10 Å². The number of carbonyl (C=O) groups is 1. The van der Waals surface area contributed by atoms with Gasteiger partial charge in [-0.25, -0.2) is 8.42 Å². The number of hydrogen-bond donors (Lipinski definition) is 1. The Balaban J connectivity index is 1.80. The first kappa shape index (κ1) is 22.3. The Morgan fingerprint density at radius 1 is 1.10 bits per heavy atom. The van der Waals surface area contributed by atoms with Crippen LogP contribution in [0.15, 0.2) is 36.4 Å². The molecule has 3 rings (SSSR count). The van der Waals surface area contributed by atoms with Crippen LogP contribution in [0.4, 0.5) is 5.69 Å². The van der Waals surface area contributed by atoms with Crippen LogP contribution in [0.25, 0.3) is 0 Å². The molecule has 0 saturated carbocycles. The van der Waals surface area contributed by atoms with Gasteiger partial charge in [0.1, 0.15) is 6.54 Å². The summed E-state index contributed by atoms with van der Waals surface area (Å²) in [5, 5.41) is 3.05. The molecule has 0 radical (unpaired) electrons. The number of sulfonamides is 1. The summed E-state index contributed by atoms with van der Waals surface area (Å²) in [5.41, 5.74) is 6.27. The van der Waals surface area contributed by atoms with Crippen LogP contribution in [-0.4, -0.2) is 27.1 Å². The van der Waals surface area contributed by atoms with E-state index in [0.29, 0.717) is 5.69 Å². The van der Waals surface area contributed by atoms with Gasteiger partial charge in [0.15, 0.2) is 0 Å². The van der Waals surface area contributed by atoms with Crippen LogP contribution in [0.1, 0.15) is 60.0 Å². The van der Waals surface area contributed by atoms with Gasteiger partial charge in [-0.1, -0.05) is 37.3 Å². The van der Waals surface area contributed by atoms with Crippen LogP contribution in [0.5, 0.6) is 0 Å². The molecule has 0 heterocycles. The number of carbonyl (C=O) groups excluding carboxylic acids is 1. The molecule has 0 bridgehead atoms. The zero-order valence-electron chi connectivity index (χ0n) is 18.4. The van der Waals surface area contributed by atoms with E-state index < -0.39 is 10.0 Å². The molecule has 2 aromatic carbocycles. The van der Waals surface area contributed by atoms with E-state index in [1.807, 2.05) is 32.9 Å². The maximum Gasteiger partial charge on any atom is 0.241 e. The van der Waals surface area contributed by atoms with Gasteiger partial charge in [-0.2, -0.15) is 0 Å². The van der Waals surface area contributed by atoms with E-state index in [2.05, 4.69) is 23.5 Å². The summed E-state index contributed by atoms with van der Waals surface area (Å²) >= 11 is 0. The Hall–Kier alpha value is -2.34. The van der Waals surface area contributed by atoms with E-state index in [9.17, 15) is 13.2 Å². The highest BCUT2D eigenvalue weighted by molar-refractivity contribution is 7.92.